The Morgan fingerprint density at radius 1 is 1.30 bits per heavy atom. The second-order valence-electron chi connectivity index (χ2n) is 5.29. The number of hydrogen-bond donors (Lipinski definition) is 0. The Balaban J connectivity index is 2.23. The highest BCUT2D eigenvalue weighted by molar-refractivity contribution is 8.18. The van der Waals surface area contributed by atoms with E-state index in [1.54, 1.807) is 6.08 Å². The Labute approximate surface area is 123 Å². The van der Waals surface area contributed by atoms with Gasteiger partial charge < -0.3 is 4.57 Å². The number of nitrogens with zero attached hydrogens (tertiary/aromatic N) is 2. The molecule has 0 N–H and O–H groups in total. The monoisotopic (exact) mass is 292 g/mol. The van der Waals surface area contributed by atoms with Gasteiger partial charge in [-0.15, -0.1) is 0 Å². The van der Waals surface area contributed by atoms with E-state index in [9.17, 15) is 9.59 Å². The van der Waals surface area contributed by atoms with Crippen molar-refractivity contribution in [3.05, 3.63) is 28.9 Å². The highest BCUT2D eigenvalue weighted by Crippen LogP contribution is 2.34. The fraction of sp³-hybridized carbons (Fsp3) is 0.467. The van der Waals surface area contributed by atoms with Crippen molar-refractivity contribution in [2.75, 3.05) is 0 Å². The van der Waals surface area contributed by atoms with Gasteiger partial charge in [0, 0.05) is 24.5 Å². The number of hydrogen-bond acceptors (Lipinski definition) is 3. The molecular weight excluding hydrogens is 272 g/mol. The quantitative estimate of drug-likeness (QED) is 0.790. The van der Waals surface area contributed by atoms with Crippen molar-refractivity contribution in [3.8, 4) is 0 Å². The maximum Gasteiger partial charge on any atom is 0.293 e. The van der Waals surface area contributed by atoms with Gasteiger partial charge in [0.2, 0.25) is 0 Å². The summed E-state index contributed by atoms with van der Waals surface area (Å²) in [5.41, 5.74) is 0.952. The van der Waals surface area contributed by atoms with Crippen LogP contribution >= 0.6 is 11.8 Å². The molecule has 0 aliphatic carbocycles. The molecule has 2 heterocycles. The molecule has 5 heteroatoms. The minimum atomic E-state index is -0.174. The average molecular weight is 292 g/mol. The van der Waals surface area contributed by atoms with E-state index in [0.717, 1.165) is 23.7 Å². The molecule has 0 radical (unpaired) electrons. The van der Waals surface area contributed by atoms with Crippen molar-refractivity contribution in [3.63, 3.8) is 0 Å². The summed E-state index contributed by atoms with van der Waals surface area (Å²) >= 11 is 1.03. The maximum absolute atomic E-state index is 12.3. The molecule has 0 aromatic carbocycles. The van der Waals surface area contributed by atoms with Crippen molar-refractivity contribution in [1.82, 2.24) is 9.47 Å². The number of amides is 2. The molecule has 2 amide bonds. The lowest BCUT2D eigenvalue weighted by Crippen LogP contribution is -2.36. The zero-order valence-electron chi connectivity index (χ0n) is 12.3. The number of aromatic nitrogens is 1. The van der Waals surface area contributed by atoms with E-state index in [-0.39, 0.29) is 17.2 Å². The Kier molecular flexibility index (Phi) is 4.38. The van der Waals surface area contributed by atoms with Gasteiger partial charge in [0.1, 0.15) is 0 Å². The molecule has 1 aromatic heterocycles. The van der Waals surface area contributed by atoms with Gasteiger partial charge in [-0.25, -0.2) is 0 Å². The fourth-order valence-electron chi connectivity index (χ4n) is 2.03. The first-order chi connectivity index (χ1) is 9.43. The molecule has 1 saturated heterocycles. The van der Waals surface area contributed by atoms with E-state index in [2.05, 4.69) is 18.4 Å². The van der Waals surface area contributed by atoms with Crippen molar-refractivity contribution in [2.24, 2.45) is 0 Å². The molecule has 0 saturated carbocycles. The van der Waals surface area contributed by atoms with E-state index in [4.69, 9.17) is 0 Å². The highest BCUT2D eigenvalue weighted by Gasteiger charge is 2.37. The molecule has 2 rings (SSSR count). The number of rotatable bonds is 4. The molecule has 1 unspecified atom stereocenters. The third-order valence-corrected chi connectivity index (χ3v) is 4.37. The van der Waals surface area contributed by atoms with Gasteiger partial charge in [0.25, 0.3) is 11.1 Å². The van der Waals surface area contributed by atoms with Gasteiger partial charge in [-0.2, -0.15) is 0 Å². The summed E-state index contributed by atoms with van der Waals surface area (Å²) < 4.78 is 2.07. The minimum Gasteiger partial charge on any atom is -0.351 e. The molecule has 1 atom stereocenters. The topological polar surface area (TPSA) is 42.3 Å². The number of imide groups is 1. The van der Waals surface area contributed by atoms with Crippen molar-refractivity contribution < 1.29 is 9.59 Å². The number of carbonyl (C=O) groups excluding carboxylic acids is 2. The Hall–Kier alpha value is -1.49. The van der Waals surface area contributed by atoms with E-state index in [1.165, 1.54) is 4.90 Å². The summed E-state index contributed by atoms with van der Waals surface area (Å²) in [4.78, 5) is 26.1. The van der Waals surface area contributed by atoms with Gasteiger partial charge in [0.05, 0.1) is 4.91 Å². The van der Waals surface area contributed by atoms with E-state index in [0.29, 0.717) is 10.9 Å². The van der Waals surface area contributed by atoms with Crippen LogP contribution in [0.5, 0.6) is 0 Å². The lowest BCUT2D eigenvalue weighted by atomic mass is 10.2. The summed E-state index contributed by atoms with van der Waals surface area (Å²) in [5, 5.41) is -0.168. The molecule has 4 nitrogen and oxygen atoms in total. The number of carbonyl (C=O) groups is 2. The summed E-state index contributed by atoms with van der Waals surface area (Å²) in [7, 11) is 0. The molecule has 108 valence electrons. The van der Waals surface area contributed by atoms with Crippen LogP contribution in [-0.2, 0) is 4.79 Å². The van der Waals surface area contributed by atoms with Gasteiger partial charge in [0.15, 0.2) is 0 Å². The standard InChI is InChI=1S/C15H20N2O2S/c1-5-11(4)17-14(18)13(20-15(17)19)8-12-6-7-16(9-12)10(2)3/h6-11H,5H2,1-4H3/b13-8-. The smallest absolute Gasteiger partial charge is 0.293 e. The van der Waals surface area contributed by atoms with Crippen LogP contribution in [0.4, 0.5) is 4.79 Å². The van der Waals surface area contributed by atoms with Crippen molar-refractivity contribution >= 4 is 29.0 Å². The predicted molar refractivity (Wildman–Crippen MR) is 82.4 cm³/mol. The first-order valence-corrected chi connectivity index (χ1v) is 7.70. The molecule has 20 heavy (non-hydrogen) atoms. The first-order valence-electron chi connectivity index (χ1n) is 6.88. The van der Waals surface area contributed by atoms with Gasteiger partial charge in [-0.3, -0.25) is 14.5 Å². The minimum absolute atomic E-state index is 0.0475. The van der Waals surface area contributed by atoms with Crippen LogP contribution in [0, 0.1) is 0 Å². The Morgan fingerprint density at radius 2 is 2.00 bits per heavy atom. The zero-order chi connectivity index (χ0) is 14.9. The van der Waals surface area contributed by atoms with Crippen LogP contribution < -0.4 is 0 Å². The molecule has 0 spiro atoms. The van der Waals surface area contributed by atoms with Crippen LogP contribution in [0.15, 0.2) is 23.4 Å². The molecule has 1 aromatic rings. The van der Waals surface area contributed by atoms with Gasteiger partial charge in [-0.1, -0.05) is 6.92 Å². The third kappa shape index (κ3) is 2.82. The lowest BCUT2D eigenvalue weighted by molar-refractivity contribution is -0.124. The van der Waals surface area contributed by atoms with Crippen LogP contribution in [0.25, 0.3) is 6.08 Å². The van der Waals surface area contributed by atoms with E-state index in [1.807, 2.05) is 32.3 Å². The van der Waals surface area contributed by atoms with Crippen molar-refractivity contribution in [2.45, 2.75) is 46.2 Å². The molecule has 1 fully saturated rings. The largest absolute Gasteiger partial charge is 0.351 e. The van der Waals surface area contributed by atoms with E-state index < -0.39 is 0 Å². The summed E-state index contributed by atoms with van der Waals surface area (Å²) in [5.74, 6) is -0.174. The molecule has 1 aliphatic rings. The van der Waals surface area contributed by atoms with Crippen molar-refractivity contribution in [1.29, 1.82) is 0 Å². The third-order valence-electron chi connectivity index (χ3n) is 3.49. The summed E-state index contributed by atoms with van der Waals surface area (Å²) in [6.07, 6.45) is 6.54. The summed E-state index contributed by atoms with van der Waals surface area (Å²) in [6, 6.07) is 2.29. The second-order valence-corrected chi connectivity index (χ2v) is 6.29. The van der Waals surface area contributed by atoms with Crippen LogP contribution in [-0.4, -0.2) is 26.7 Å². The highest BCUT2D eigenvalue weighted by atomic mass is 32.2. The van der Waals surface area contributed by atoms with E-state index >= 15 is 0 Å². The van der Waals surface area contributed by atoms with Gasteiger partial charge >= 0.3 is 0 Å². The van der Waals surface area contributed by atoms with Crippen LogP contribution in [0.3, 0.4) is 0 Å². The van der Waals surface area contributed by atoms with Crippen LogP contribution in [0.2, 0.25) is 0 Å². The summed E-state index contributed by atoms with van der Waals surface area (Å²) in [6.45, 7) is 8.07. The van der Waals surface area contributed by atoms with Crippen LogP contribution in [0.1, 0.15) is 45.7 Å². The predicted octanol–water partition coefficient (Wildman–Crippen LogP) is 3.90. The molecular formula is C15H20N2O2S. The Morgan fingerprint density at radius 3 is 2.55 bits per heavy atom. The van der Waals surface area contributed by atoms with Gasteiger partial charge in [-0.05, 0) is 56.7 Å². The maximum atomic E-state index is 12.3. The molecule has 0 bridgehead atoms. The fourth-order valence-corrected chi connectivity index (χ4v) is 2.96. The normalized spacial score (nSPS) is 19.4. The average Bonchev–Trinajstić information content (AvgIpc) is 2.96. The Bertz CT molecular complexity index is 560. The SMILES string of the molecule is CCC(C)N1C(=O)S/C(=C\c2ccn(C(C)C)c2)C1=O. The second kappa shape index (κ2) is 5.87. The lowest BCUT2D eigenvalue weighted by Gasteiger charge is -2.19. The first kappa shape index (κ1) is 14.9. The zero-order valence-corrected chi connectivity index (χ0v) is 13.1. The number of thioether (sulfide) groups is 1. The molecule has 1 aliphatic heterocycles.